The molecule has 0 aromatic heterocycles. The Labute approximate surface area is 146 Å². The predicted octanol–water partition coefficient (Wildman–Crippen LogP) is 7.29. The van der Waals surface area contributed by atoms with Crippen LogP contribution >= 0.6 is 22.6 Å². The van der Waals surface area contributed by atoms with Crippen LogP contribution in [-0.2, 0) is 0 Å². The zero-order valence-electron chi connectivity index (χ0n) is 14.6. The molecule has 0 aliphatic heterocycles. The first kappa shape index (κ1) is 16.6. The Kier molecular flexibility index (Phi) is 4.48. The van der Waals surface area contributed by atoms with Crippen LogP contribution in [-0.4, -0.2) is 3.42 Å². The maximum absolute atomic E-state index is 2.94. The second-order valence-corrected chi connectivity index (χ2v) is 11.5. The third-order valence-corrected chi connectivity index (χ3v) is 10.2. The number of hydrogen-bond acceptors (Lipinski definition) is 0. The highest BCUT2D eigenvalue weighted by molar-refractivity contribution is 14.1. The van der Waals surface area contributed by atoms with Gasteiger partial charge >= 0.3 is 0 Å². The fourth-order valence-corrected chi connectivity index (χ4v) is 7.93. The third kappa shape index (κ3) is 2.72. The van der Waals surface area contributed by atoms with Gasteiger partial charge in [0.25, 0.3) is 0 Å². The first-order chi connectivity index (χ1) is 9.83. The summed E-state index contributed by atoms with van der Waals surface area (Å²) in [5, 5.41) is 0. The lowest BCUT2D eigenvalue weighted by Crippen LogP contribution is -2.58. The summed E-state index contributed by atoms with van der Waals surface area (Å²) in [5.74, 6) is 0. The van der Waals surface area contributed by atoms with Crippen molar-refractivity contribution in [1.82, 2.24) is 0 Å². The minimum absolute atomic E-state index is 0.573. The molecule has 3 saturated carbocycles. The van der Waals surface area contributed by atoms with E-state index in [1.165, 1.54) is 83.5 Å². The number of rotatable bonds is 0. The summed E-state index contributed by atoms with van der Waals surface area (Å²) in [6.45, 7) is 8.02. The maximum atomic E-state index is 2.94. The van der Waals surface area contributed by atoms with Crippen LogP contribution in [0, 0.1) is 16.2 Å². The second kappa shape index (κ2) is 5.67. The fourth-order valence-electron chi connectivity index (χ4n) is 6.24. The van der Waals surface area contributed by atoms with E-state index in [4.69, 9.17) is 0 Å². The molecule has 3 aliphatic rings. The molecule has 0 spiro atoms. The van der Waals surface area contributed by atoms with Gasteiger partial charge in [0, 0.05) is 3.42 Å². The van der Waals surface area contributed by atoms with Crippen LogP contribution in [0.25, 0.3) is 0 Å². The van der Waals surface area contributed by atoms with Crippen LogP contribution in [0.4, 0.5) is 0 Å². The van der Waals surface area contributed by atoms with Crippen LogP contribution in [0.1, 0.15) is 104 Å². The molecule has 122 valence electrons. The summed E-state index contributed by atoms with van der Waals surface area (Å²) in [6, 6.07) is 0. The molecule has 21 heavy (non-hydrogen) atoms. The molecule has 0 heterocycles. The summed E-state index contributed by atoms with van der Waals surface area (Å²) in [7, 11) is 0. The third-order valence-electron chi connectivity index (χ3n) is 8.00. The molecular weight excluding hydrogens is 367 g/mol. The van der Waals surface area contributed by atoms with Crippen LogP contribution in [0.2, 0.25) is 0 Å². The Morgan fingerprint density at radius 2 is 0.952 bits per heavy atom. The molecule has 3 rings (SSSR count). The minimum Gasteiger partial charge on any atom is -0.0783 e. The molecule has 0 N–H and O–H groups in total. The topological polar surface area (TPSA) is 0 Å². The smallest absolute Gasteiger partial charge is 0.0281 e. The number of hydrogen-bond donors (Lipinski definition) is 0. The Morgan fingerprint density at radius 1 is 0.524 bits per heavy atom. The average Bonchev–Trinajstić information content (AvgIpc) is 2.45. The molecule has 0 nitrogen and oxygen atoms in total. The second-order valence-electron chi connectivity index (χ2n) is 9.48. The van der Waals surface area contributed by atoms with Gasteiger partial charge in [-0.1, -0.05) is 88.3 Å². The zero-order valence-corrected chi connectivity index (χ0v) is 16.7. The van der Waals surface area contributed by atoms with E-state index in [2.05, 4.69) is 43.4 Å². The molecule has 3 fully saturated rings. The van der Waals surface area contributed by atoms with E-state index in [1.54, 1.807) is 0 Å². The van der Waals surface area contributed by atoms with Crippen LogP contribution in [0.3, 0.4) is 0 Å². The first-order valence-corrected chi connectivity index (χ1v) is 10.6. The molecule has 3 aliphatic carbocycles. The standard InChI is InChI=1S/C20H35I/c1-17-11-7-4-5-8-13-19(3,15-17)20(21)14-10-6-9-12-18(17,2)16-20/h4-16H2,1-3H3. The maximum Gasteiger partial charge on any atom is 0.0281 e. The van der Waals surface area contributed by atoms with Gasteiger partial charge in [0.2, 0.25) is 0 Å². The van der Waals surface area contributed by atoms with Gasteiger partial charge in [-0.15, -0.1) is 0 Å². The van der Waals surface area contributed by atoms with E-state index in [1.807, 2.05) is 0 Å². The van der Waals surface area contributed by atoms with Crippen molar-refractivity contribution in [3.05, 3.63) is 0 Å². The lowest BCUT2D eigenvalue weighted by molar-refractivity contribution is -0.0863. The van der Waals surface area contributed by atoms with E-state index >= 15 is 0 Å². The monoisotopic (exact) mass is 402 g/mol. The summed E-state index contributed by atoms with van der Waals surface area (Å²) in [5.41, 5.74) is 1.78. The molecule has 0 amide bonds. The Bertz CT molecular complexity index is 357. The van der Waals surface area contributed by atoms with Crippen LogP contribution < -0.4 is 0 Å². The van der Waals surface area contributed by atoms with Crippen molar-refractivity contribution in [1.29, 1.82) is 0 Å². The number of fused-ring (bicyclic) bond motifs is 6. The van der Waals surface area contributed by atoms with Crippen molar-refractivity contribution in [2.45, 2.75) is 108 Å². The summed E-state index contributed by atoms with van der Waals surface area (Å²) < 4.78 is 0.573. The zero-order chi connectivity index (χ0) is 15.2. The van der Waals surface area contributed by atoms with E-state index in [-0.39, 0.29) is 0 Å². The van der Waals surface area contributed by atoms with Gasteiger partial charge in [-0.3, -0.25) is 0 Å². The van der Waals surface area contributed by atoms with Crippen molar-refractivity contribution >= 4 is 22.6 Å². The van der Waals surface area contributed by atoms with Gasteiger partial charge in [-0.2, -0.15) is 0 Å². The molecule has 1 heteroatoms. The largest absolute Gasteiger partial charge is 0.0783 e. The van der Waals surface area contributed by atoms with Gasteiger partial charge < -0.3 is 0 Å². The van der Waals surface area contributed by atoms with Crippen molar-refractivity contribution < 1.29 is 0 Å². The number of halogens is 1. The molecule has 0 aromatic carbocycles. The van der Waals surface area contributed by atoms with Crippen molar-refractivity contribution in [3.8, 4) is 0 Å². The van der Waals surface area contributed by atoms with E-state index in [0.717, 1.165) is 0 Å². The van der Waals surface area contributed by atoms with Crippen molar-refractivity contribution in [2.24, 2.45) is 16.2 Å². The fraction of sp³-hybridized carbons (Fsp3) is 1.00. The highest BCUT2D eigenvalue weighted by Crippen LogP contribution is 2.69. The van der Waals surface area contributed by atoms with Gasteiger partial charge in [0.1, 0.15) is 0 Å². The van der Waals surface area contributed by atoms with Crippen molar-refractivity contribution in [2.75, 3.05) is 0 Å². The van der Waals surface area contributed by atoms with E-state index in [0.29, 0.717) is 19.7 Å². The number of alkyl halides is 1. The Hall–Kier alpha value is 0.730. The molecule has 0 radical (unpaired) electrons. The van der Waals surface area contributed by atoms with Gasteiger partial charge in [-0.05, 0) is 54.8 Å². The van der Waals surface area contributed by atoms with E-state index < -0.39 is 0 Å². The molecule has 4 unspecified atom stereocenters. The predicted molar refractivity (Wildman–Crippen MR) is 101 cm³/mol. The van der Waals surface area contributed by atoms with Gasteiger partial charge in [-0.25, -0.2) is 0 Å². The highest BCUT2D eigenvalue weighted by atomic mass is 127. The Morgan fingerprint density at radius 3 is 1.57 bits per heavy atom. The first-order valence-electron chi connectivity index (χ1n) is 9.52. The van der Waals surface area contributed by atoms with Gasteiger partial charge in [0.15, 0.2) is 0 Å². The van der Waals surface area contributed by atoms with Crippen LogP contribution in [0.5, 0.6) is 0 Å². The average molecular weight is 402 g/mol. The quantitative estimate of drug-likeness (QED) is 0.295. The summed E-state index contributed by atoms with van der Waals surface area (Å²) >= 11 is 2.94. The molecular formula is C20H35I. The van der Waals surface area contributed by atoms with Crippen molar-refractivity contribution in [3.63, 3.8) is 0 Å². The summed E-state index contributed by atoms with van der Waals surface area (Å²) in [4.78, 5) is 0. The Balaban J connectivity index is 2.03. The SMILES string of the molecule is CC12CCCCCCC(C)(C1)C1(I)CCCCCC2(C)C1. The summed E-state index contributed by atoms with van der Waals surface area (Å²) in [6.07, 6.45) is 19.3. The lowest BCUT2D eigenvalue weighted by atomic mass is 9.44. The lowest BCUT2D eigenvalue weighted by Gasteiger charge is -2.64. The highest BCUT2D eigenvalue weighted by Gasteiger charge is 2.61. The molecule has 0 saturated heterocycles. The van der Waals surface area contributed by atoms with Gasteiger partial charge in [0.05, 0.1) is 0 Å². The normalized spacial score (nSPS) is 52.0. The molecule has 0 aromatic rings. The molecule has 4 atom stereocenters. The van der Waals surface area contributed by atoms with E-state index in [9.17, 15) is 0 Å². The minimum atomic E-state index is 0.573. The molecule has 4 bridgehead atoms. The van der Waals surface area contributed by atoms with Crippen LogP contribution in [0.15, 0.2) is 0 Å².